The van der Waals surface area contributed by atoms with Crippen molar-refractivity contribution in [2.45, 2.75) is 39.7 Å². The molecule has 0 heterocycles. The van der Waals surface area contributed by atoms with Crippen molar-refractivity contribution in [3.63, 3.8) is 0 Å². The quantitative estimate of drug-likeness (QED) is 0.785. The molecule has 0 fully saturated rings. The van der Waals surface area contributed by atoms with Gasteiger partial charge in [-0.25, -0.2) is 0 Å². The monoisotopic (exact) mass is 220 g/mol. The molecule has 16 heavy (non-hydrogen) atoms. The number of benzene rings is 1. The summed E-state index contributed by atoms with van der Waals surface area (Å²) in [7, 11) is 2.15. The molecule has 1 aromatic carbocycles. The number of nitrogens with zero attached hydrogens (tertiary/aromatic N) is 1. The molecule has 0 bridgehead atoms. The van der Waals surface area contributed by atoms with Crippen LogP contribution in [0, 0.1) is 0 Å². The molecule has 1 rings (SSSR count). The molecule has 0 saturated carbocycles. The Labute approximate surface area is 99.7 Å². The van der Waals surface area contributed by atoms with Gasteiger partial charge in [0.25, 0.3) is 0 Å². The first-order chi connectivity index (χ1) is 7.63. The van der Waals surface area contributed by atoms with Crippen LogP contribution in [0.5, 0.6) is 0 Å². The van der Waals surface area contributed by atoms with Crippen LogP contribution >= 0.6 is 0 Å². The van der Waals surface area contributed by atoms with E-state index in [0.29, 0.717) is 6.04 Å². The van der Waals surface area contributed by atoms with E-state index in [4.69, 9.17) is 0 Å². The lowest BCUT2D eigenvalue weighted by Crippen LogP contribution is -2.18. The van der Waals surface area contributed by atoms with Gasteiger partial charge in [0, 0.05) is 31.0 Å². The van der Waals surface area contributed by atoms with Crippen LogP contribution in [0.15, 0.2) is 24.3 Å². The van der Waals surface area contributed by atoms with E-state index in [-0.39, 0.29) is 0 Å². The van der Waals surface area contributed by atoms with E-state index >= 15 is 0 Å². The van der Waals surface area contributed by atoms with Crippen molar-refractivity contribution < 1.29 is 0 Å². The molecular weight excluding hydrogens is 196 g/mol. The van der Waals surface area contributed by atoms with Gasteiger partial charge in [-0.05, 0) is 44.5 Å². The lowest BCUT2D eigenvalue weighted by atomic mass is 10.2. The van der Waals surface area contributed by atoms with Gasteiger partial charge in [-0.1, -0.05) is 13.3 Å². The van der Waals surface area contributed by atoms with Crippen LogP contribution in [-0.2, 0) is 0 Å². The molecule has 0 atom stereocenters. The maximum absolute atomic E-state index is 3.40. The van der Waals surface area contributed by atoms with Crippen molar-refractivity contribution in [2.75, 3.05) is 23.8 Å². The average Bonchev–Trinajstić information content (AvgIpc) is 2.26. The maximum atomic E-state index is 3.40. The van der Waals surface area contributed by atoms with Crippen LogP contribution in [0.25, 0.3) is 0 Å². The van der Waals surface area contributed by atoms with Crippen molar-refractivity contribution in [1.29, 1.82) is 0 Å². The van der Waals surface area contributed by atoms with Crippen molar-refractivity contribution >= 4 is 11.4 Å². The summed E-state index contributed by atoms with van der Waals surface area (Å²) in [5.41, 5.74) is 2.49. The predicted octanol–water partition coefficient (Wildman–Crippen LogP) is 3.74. The van der Waals surface area contributed by atoms with Gasteiger partial charge >= 0.3 is 0 Å². The van der Waals surface area contributed by atoms with Crippen molar-refractivity contribution in [3.8, 4) is 0 Å². The minimum Gasteiger partial charge on any atom is -0.383 e. The van der Waals surface area contributed by atoms with Crippen LogP contribution in [0.4, 0.5) is 11.4 Å². The number of unbranched alkanes of at least 4 members (excludes halogenated alkanes) is 1. The molecule has 2 heteroatoms. The van der Waals surface area contributed by atoms with E-state index < -0.39 is 0 Å². The van der Waals surface area contributed by atoms with Crippen LogP contribution in [0.1, 0.15) is 33.6 Å². The zero-order chi connectivity index (χ0) is 12.0. The lowest BCUT2D eigenvalue weighted by Gasteiger charge is -2.19. The van der Waals surface area contributed by atoms with E-state index in [1.807, 2.05) is 0 Å². The Bertz CT molecular complexity index is 290. The van der Waals surface area contributed by atoms with Crippen LogP contribution in [0.3, 0.4) is 0 Å². The number of rotatable bonds is 6. The summed E-state index contributed by atoms with van der Waals surface area (Å²) in [6.07, 6.45) is 2.50. The minimum absolute atomic E-state index is 0.490. The zero-order valence-electron chi connectivity index (χ0n) is 11.0. The smallest absolute Gasteiger partial charge is 0.0365 e. The van der Waals surface area contributed by atoms with E-state index in [0.717, 1.165) is 6.54 Å². The van der Waals surface area contributed by atoms with Crippen molar-refractivity contribution in [1.82, 2.24) is 0 Å². The first-order valence-electron chi connectivity index (χ1n) is 6.21. The molecule has 2 nitrogen and oxygen atoms in total. The maximum Gasteiger partial charge on any atom is 0.0365 e. The second-order valence-electron chi connectivity index (χ2n) is 4.62. The molecule has 90 valence electrons. The second kappa shape index (κ2) is 6.41. The van der Waals surface area contributed by atoms with Crippen LogP contribution in [-0.4, -0.2) is 19.6 Å². The Balaban J connectivity index is 2.56. The molecule has 0 unspecified atom stereocenters. The first-order valence-corrected chi connectivity index (χ1v) is 6.21. The molecule has 0 aliphatic carbocycles. The van der Waals surface area contributed by atoms with Gasteiger partial charge in [0.1, 0.15) is 0 Å². The third kappa shape index (κ3) is 4.13. The fourth-order valence-electron chi connectivity index (χ4n) is 1.67. The molecule has 0 amide bonds. The molecule has 1 N–H and O–H groups in total. The van der Waals surface area contributed by atoms with Crippen LogP contribution in [0.2, 0.25) is 0 Å². The highest BCUT2D eigenvalue weighted by molar-refractivity contribution is 5.54. The summed E-state index contributed by atoms with van der Waals surface area (Å²) >= 11 is 0. The zero-order valence-corrected chi connectivity index (χ0v) is 11.0. The summed E-state index contributed by atoms with van der Waals surface area (Å²) in [6.45, 7) is 7.67. The van der Waals surface area contributed by atoms with Crippen molar-refractivity contribution in [2.24, 2.45) is 0 Å². The highest BCUT2D eigenvalue weighted by Gasteiger charge is 2.00. The van der Waals surface area contributed by atoms with E-state index in [1.54, 1.807) is 0 Å². The highest BCUT2D eigenvalue weighted by Crippen LogP contribution is 2.17. The van der Waals surface area contributed by atoms with Gasteiger partial charge in [-0.15, -0.1) is 0 Å². The summed E-state index contributed by atoms with van der Waals surface area (Å²) < 4.78 is 0. The Hall–Kier alpha value is -1.18. The number of nitrogens with one attached hydrogen (secondary N) is 1. The molecular formula is C14H24N2. The summed E-state index contributed by atoms with van der Waals surface area (Å²) in [4.78, 5) is 2.31. The third-order valence-corrected chi connectivity index (χ3v) is 2.61. The SMILES string of the molecule is CCCCN(C)c1ccc(NC(C)C)cc1. The number of hydrogen-bond donors (Lipinski definition) is 1. The first kappa shape index (κ1) is 12.9. The van der Waals surface area contributed by atoms with Gasteiger partial charge in [0.2, 0.25) is 0 Å². The van der Waals surface area contributed by atoms with Crippen molar-refractivity contribution in [3.05, 3.63) is 24.3 Å². The van der Waals surface area contributed by atoms with Crippen LogP contribution < -0.4 is 10.2 Å². The minimum atomic E-state index is 0.490. The number of hydrogen-bond acceptors (Lipinski definition) is 2. The molecule has 0 radical (unpaired) electrons. The molecule has 1 aromatic rings. The molecule has 0 aromatic heterocycles. The fourth-order valence-corrected chi connectivity index (χ4v) is 1.67. The standard InChI is InChI=1S/C14H24N2/c1-5-6-11-16(4)14-9-7-13(8-10-14)15-12(2)3/h7-10,12,15H,5-6,11H2,1-4H3. The molecule has 0 aliphatic rings. The second-order valence-corrected chi connectivity index (χ2v) is 4.62. The summed E-state index contributed by atoms with van der Waals surface area (Å²) in [6, 6.07) is 9.15. The summed E-state index contributed by atoms with van der Waals surface area (Å²) in [5, 5.41) is 3.40. The normalized spacial score (nSPS) is 10.6. The number of anilines is 2. The largest absolute Gasteiger partial charge is 0.383 e. The highest BCUT2D eigenvalue weighted by atomic mass is 15.1. The molecule has 0 aliphatic heterocycles. The Kier molecular flexibility index (Phi) is 5.17. The third-order valence-electron chi connectivity index (χ3n) is 2.61. The topological polar surface area (TPSA) is 15.3 Å². The van der Waals surface area contributed by atoms with Gasteiger partial charge in [0.15, 0.2) is 0 Å². The Morgan fingerprint density at radius 1 is 1.19 bits per heavy atom. The van der Waals surface area contributed by atoms with Gasteiger partial charge in [0.05, 0.1) is 0 Å². The Morgan fingerprint density at radius 3 is 2.31 bits per heavy atom. The Morgan fingerprint density at radius 2 is 1.81 bits per heavy atom. The fraction of sp³-hybridized carbons (Fsp3) is 0.571. The molecule has 0 spiro atoms. The van der Waals surface area contributed by atoms with E-state index in [9.17, 15) is 0 Å². The average molecular weight is 220 g/mol. The summed E-state index contributed by atoms with van der Waals surface area (Å²) in [5.74, 6) is 0. The predicted molar refractivity (Wildman–Crippen MR) is 73.4 cm³/mol. The van der Waals surface area contributed by atoms with Gasteiger partial charge < -0.3 is 10.2 Å². The van der Waals surface area contributed by atoms with Gasteiger partial charge in [-0.3, -0.25) is 0 Å². The van der Waals surface area contributed by atoms with Gasteiger partial charge in [-0.2, -0.15) is 0 Å². The lowest BCUT2D eigenvalue weighted by molar-refractivity contribution is 0.767. The van der Waals surface area contributed by atoms with E-state index in [2.05, 4.69) is 62.3 Å². The van der Waals surface area contributed by atoms with E-state index in [1.165, 1.54) is 24.2 Å². The molecule has 0 saturated heterocycles.